The van der Waals surface area contributed by atoms with Crippen molar-refractivity contribution in [1.29, 1.82) is 0 Å². The van der Waals surface area contributed by atoms with Gasteiger partial charge in [0, 0.05) is 12.6 Å². The van der Waals surface area contributed by atoms with E-state index in [2.05, 4.69) is 19.2 Å². The molecule has 0 bridgehead atoms. The van der Waals surface area contributed by atoms with E-state index in [9.17, 15) is 5.11 Å². The van der Waals surface area contributed by atoms with E-state index in [1.807, 2.05) is 12.1 Å². The van der Waals surface area contributed by atoms with Crippen LogP contribution in [-0.4, -0.2) is 11.1 Å². The maximum atomic E-state index is 9.25. The Morgan fingerprint density at radius 2 is 2.21 bits per heavy atom. The lowest BCUT2D eigenvalue weighted by Gasteiger charge is -2.12. The minimum absolute atomic E-state index is 0.340. The van der Waals surface area contributed by atoms with Crippen LogP contribution in [0, 0.1) is 0 Å². The maximum absolute atomic E-state index is 9.25. The largest absolute Gasteiger partial charge is 0.508 e. The van der Waals surface area contributed by atoms with Crippen LogP contribution in [0.25, 0.3) is 0 Å². The third kappa shape index (κ3) is 3.79. The zero-order valence-electron chi connectivity index (χ0n) is 8.96. The summed E-state index contributed by atoms with van der Waals surface area (Å²) in [7, 11) is 0. The topological polar surface area (TPSA) is 32.3 Å². The molecule has 1 aromatic rings. The third-order valence-electron chi connectivity index (χ3n) is 2.29. The van der Waals surface area contributed by atoms with E-state index in [0.29, 0.717) is 11.8 Å². The van der Waals surface area contributed by atoms with E-state index in [1.165, 1.54) is 12.8 Å². The minimum Gasteiger partial charge on any atom is -0.508 e. The molecule has 0 saturated carbocycles. The van der Waals surface area contributed by atoms with Crippen LogP contribution in [0.4, 0.5) is 0 Å². The molecule has 1 aromatic carbocycles. The molecule has 0 heterocycles. The summed E-state index contributed by atoms with van der Waals surface area (Å²) >= 11 is 0. The van der Waals surface area contributed by atoms with Gasteiger partial charge in [-0.2, -0.15) is 0 Å². The molecule has 0 radical (unpaired) electrons. The number of hydrogen-bond acceptors (Lipinski definition) is 2. The van der Waals surface area contributed by atoms with Crippen LogP contribution in [0.2, 0.25) is 0 Å². The first-order chi connectivity index (χ1) is 6.72. The number of nitrogens with one attached hydrogen (secondary N) is 1. The van der Waals surface area contributed by atoms with Crippen LogP contribution < -0.4 is 5.32 Å². The second-order valence-electron chi connectivity index (χ2n) is 3.74. The number of aromatic hydroxyl groups is 1. The van der Waals surface area contributed by atoms with Crippen LogP contribution in [0.15, 0.2) is 24.3 Å². The highest BCUT2D eigenvalue weighted by Gasteiger charge is 1.99. The SMILES string of the molecule is CCC[C@@H](C)NCc1cccc(O)c1. The lowest BCUT2D eigenvalue weighted by Crippen LogP contribution is -2.24. The molecule has 0 unspecified atom stereocenters. The number of hydrogen-bond donors (Lipinski definition) is 2. The Kier molecular flexibility index (Phi) is 4.47. The highest BCUT2D eigenvalue weighted by Crippen LogP contribution is 2.10. The fourth-order valence-corrected chi connectivity index (χ4v) is 1.49. The molecule has 0 aromatic heterocycles. The molecule has 0 saturated heterocycles. The van der Waals surface area contributed by atoms with Crippen LogP contribution in [0.5, 0.6) is 5.75 Å². The Morgan fingerprint density at radius 3 is 2.86 bits per heavy atom. The summed E-state index contributed by atoms with van der Waals surface area (Å²) in [5.41, 5.74) is 1.13. The van der Waals surface area contributed by atoms with Crippen LogP contribution in [0.1, 0.15) is 32.3 Å². The Labute approximate surface area is 86.0 Å². The molecular formula is C12H19NO. The number of benzene rings is 1. The number of phenols is 1. The lowest BCUT2D eigenvalue weighted by molar-refractivity contribution is 0.472. The van der Waals surface area contributed by atoms with Gasteiger partial charge in [0.1, 0.15) is 5.75 Å². The molecule has 2 nitrogen and oxygen atoms in total. The van der Waals surface area contributed by atoms with Crippen molar-refractivity contribution in [3.05, 3.63) is 29.8 Å². The molecule has 0 aliphatic carbocycles. The van der Waals surface area contributed by atoms with Gasteiger partial charge in [-0.15, -0.1) is 0 Å². The summed E-state index contributed by atoms with van der Waals surface area (Å²) in [6.07, 6.45) is 2.40. The van der Waals surface area contributed by atoms with E-state index in [0.717, 1.165) is 12.1 Å². The number of phenolic OH excluding ortho intramolecular Hbond substituents is 1. The zero-order valence-corrected chi connectivity index (χ0v) is 8.96. The van der Waals surface area contributed by atoms with Crippen molar-refractivity contribution in [2.24, 2.45) is 0 Å². The van der Waals surface area contributed by atoms with Gasteiger partial charge in [-0.25, -0.2) is 0 Å². The smallest absolute Gasteiger partial charge is 0.115 e. The normalized spacial score (nSPS) is 12.7. The van der Waals surface area contributed by atoms with Crippen LogP contribution in [-0.2, 0) is 6.54 Å². The number of rotatable bonds is 5. The second-order valence-corrected chi connectivity index (χ2v) is 3.74. The first-order valence-corrected chi connectivity index (χ1v) is 5.23. The van der Waals surface area contributed by atoms with Gasteiger partial charge in [-0.1, -0.05) is 25.5 Å². The van der Waals surface area contributed by atoms with Crippen molar-refractivity contribution in [2.45, 2.75) is 39.3 Å². The fourth-order valence-electron chi connectivity index (χ4n) is 1.49. The third-order valence-corrected chi connectivity index (χ3v) is 2.29. The Bertz CT molecular complexity index is 273. The average Bonchev–Trinajstić information content (AvgIpc) is 2.15. The van der Waals surface area contributed by atoms with Crippen molar-refractivity contribution >= 4 is 0 Å². The standard InChI is InChI=1S/C12H19NO/c1-3-5-10(2)13-9-11-6-4-7-12(14)8-11/h4,6-8,10,13-14H,3,5,9H2,1-2H3/t10-/m1/s1. The molecule has 0 spiro atoms. The van der Waals surface area contributed by atoms with E-state index >= 15 is 0 Å². The molecule has 0 amide bonds. The zero-order chi connectivity index (χ0) is 10.4. The summed E-state index contributed by atoms with van der Waals surface area (Å²) in [5.74, 6) is 0.340. The molecular weight excluding hydrogens is 174 g/mol. The Morgan fingerprint density at radius 1 is 1.43 bits per heavy atom. The summed E-state index contributed by atoms with van der Waals surface area (Å²) in [6.45, 7) is 5.20. The minimum atomic E-state index is 0.340. The van der Waals surface area contributed by atoms with E-state index in [-0.39, 0.29) is 0 Å². The molecule has 2 N–H and O–H groups in total. The Hall–Kier alpha value is -1.02. The molecule has 14 heavy (non-hydrogen) atoms. The van der Waals surface area contributed by atoms with Crippen molar-refractivity contribution in [3.8, 4) is 5.75 Å². The van der Waals surface area contributed by atoms with Gasteiger partial charge in [0.05, 0.1) is 0 Å². The van der Waals surface area contributed by atoms with Crippen molar-refractivity contribution in [1.82, 2.24) is 5.32 Å². The lowest BCUT2D eigenvalue weighted by atomic mass is 10.1. The van der Waals surface area contributed by atoms with Crippen LogP contribution in [0.3, 0.4) is 0 Å². The van der Waals surface area contributed by atoms with Crippen LogP contribution >= 0.6 is 0 Å². The van der Waals surface area contributed by atoms with E-state index < -0.39 is 0 Å². The predicted octanol–water partition coefficient (Wildman–Crippen LogP) is 2.67. The molecule has 2 heteroatoms. The molecule has 0 aliphatic rings. The second kappa shape index (κ2) is 5.66. The first-order valence-electron chi connectivity index (χ1n) is 5.23. The Balaban J connectivity index is 2.37. The van der Waals surface area contributed by atoms with E-state index in [1.54, 1.807) is 12.1 Å². The summed E-state index contributed by atoms with van der Waals surface area (Å²) in [6, 6.07) is 7.93. The van der Waals surface area contributed by atoms with Gasteiger partial charge < -0.3 is 10.4 Å². The highest BCUT2D eigenvalue weighted by molar-refractivity contribution is 5.26. The quantitative estimate of drug-likeness (QED) is 0.753. The molecule has 1 rings (SSSR count). The van der Waals surface area contributed by atoms with Gasteiger partial charge in [-0.3, -0.25) is 0 Å². The maximum Gasteiger partial charge on any atom is 0.115 e. The fraction of sp³-hybridized carbons (Fsp3) is 0.500. The first kappa shape index (κ1) is 11.1. The molecule has 0 aliphatic heterocycles. The van der Waals surface area contributed by atoms with Gasteiger partial charge in [0.15, 0.2) is 0 Å². The summed E-state index contributed by atoms with van der Waals surface area (Å²) in [4.78, 5) is 0. The monoisotopic (exact) mass is 193 g/mol. The molecule has 1 atom stereocenters. The van der Waals surface area contributed by atoms with Gasteiger partial charge >= 0.3 is 0 Å². The average molecular weight is 193 g/mol. The predicted molar refractivity (Wildman–Crippen MR) is 59.3 cm³/mol. The van der Waals surface area contributed by atoms with Crippen molar-refractivity contribution < 1.29 is 5.11 Å². The van der Waals surface area contributed by atoms with Gasteiger partial charge in [0.2, 0.25) is 0 Å². The summed E-state index contributed by atoms with van der Waals surface area (Å²) < 4.78 is 0. The summed E-state index contributed by atoms with van der Waals surface area (Å²) in [5, 5.41) is 12.7. The van der Waals surface area contributed by atoms with E-state index in [4.69, 9.17) is 0 Å². The van der Waals surface area contributed by atoms with Crippen molar-refractivity contribution in [3.63, 3.8) is 0 Å². The van der Waals surface area contributed by atoms with Gasteiger partial charge in [0.25, 0.3) is 0 Å². The highest BCUT2D eigenvalue weighted by atomic mass is 16.3. The van der Waals surface area contributed by atoms with Gasteiger partial charge in [-0.05, 0) is 31.0 Å². The molecule has 0 fully saturated rings. The molecule has 78 valence electrons. The van der Waals surface area contributed by atoms with Crippen molar-refractivity contribution in [2.75, 3.05) is 0 Å².